The monoisotopic (exact) mass is 391 g/mol. The van der Waals surface area contributed by atoms with Crippen molar-refractivity contribution in [2.45, 2.75) is 31.3 Å². The number of carbonyl (C=O) groups excluding carboxylic acids is 2. The van der Waals surface area contributed by atoms with Gasteiger partial charge in [0.15, 0.2) is 11.9 Å². The summed E-state index contributed by atoms with van der Waals surface area (Å²) in [5.41, 5.74) is 8.51. The van der Waals surface area contributed by atoms with Gasteiger partial charge in [-0.05, 0) is 62.7 Å². The number of pyridine rings is 1. The SMILES string of the molecule is CN(C)CC[C@@](O)(C#Cc1cccc(-c2nc(C(N)=O)cc3c2CCC3)c1)C=O. The lowest BCUT2D eigenvalue weighted by molar-refractivity contribution is -0.119. The van der Waals surface area contributed by atoms with E-state index in [2.05, 4.69) is 16.8 Å². The average molecular weight is 391 g/mol. The van der Waals surface area contributed by atoms with E-state index in [1.54, 1.807) is 6.07 Å². The number of rotatable bonds is 6. The normalized spacial score (nSPS) is 14.6. The van der Waals surface area contributed by atoms with Crippen molar-refractivity contribution in [2.75, 3.05) is 20.6 Å². The Hall–Kier alpha value is -3.01. The van der Waals surface area contributed by atoms with Crippen LogP contribution >= 0.6 is 0 Å². The van der Waals surface area contributed by atoms with E-state index in [-0.39, 0.29) is 12.1 Å². The Kier molecular flexibility index (Phi) is 6.12. The second kappa shape index (κ2) is 8.56. The highest BCUT2D eigenvalue weighted by Crippen LogP contribution is 2.32. The van der Waals surface area contributed by atoms with Crippen LogP contribution in [-0.4, -0.2) is 53.4 Å². The second-order valence-electron chi connectivity index (χ2n) is 7.64. The van der Waals surface area contributed by atoms with Crippen LogP contribution in [0.15, 0.2) is 30.3 Å². The maximum atomic E-state index is 11.7. The smallest absolute Gasteiger partial charge is 0.267 e. The number of primary amides is 1. The molecule has 1 aliphatic rings. The largest absolute Gasteiger partial charge is 0.371 e. The molecule has 0 radical (unpaired) electrons. The first-order chi connectivity index (χ1) is 13.8. The summed E-state index contributed by atoms with van der Waals surface area (Å²) in [5.74, 6) is 5.05. The third-order valence-corrected chi connectivity index (χ3v) is 5.04. The van der Waals surface area contributed by atoms with Crippen LogP contribution in [-0.2, 0) is 17.6 Å². The van der Waals surface area contributed by atoms with Crippen molar-refractivity contribution in [3.05, 3.63) is 52.7 Å². The van der Waals surface area contributed by atoms with Crippen molar-refractivity contribution in [2.24, 2.45) is 5.73 Å². The number of nitrogens with zero attached hydrogens (tertiary/aromatic N) is 2. The number of aliphatic hydroxyl groups is 1. The number of benzene rings is 1. The zero-order valence-corrected chi connectivity index (χ0v) is 16.7. The molecule has 0 saturated heterocycles. The van der Waals surface area contributed by atoms with Crippen molar-refractivity contribution >= 4 is 12.2 Å². The number of hydrogen-bond acceptors (Lipinski definition) is 5. The maximum absolute atomic E-state index is 11.7. The first-order valence-corrected chi connectivity index (χ1v) is 9.61. The fourth-order valence-electron chi connectivity index (χ4n) is 3.42. The van der Waals surface area contributed by atoms with E-state index in [9.17, 15) is 14.7 Å². The highest BCUT2D eigenvalue weighted by atomic mass is 16.3. The number of aryl methyl sites for hydroxylation is 1. The molecule has 3 N–H and O–H groups in total. The highest BCUT2D eigenvalue weighted by molar-refractivity contribution is 5.92. The predicted octanol–water partition coefficient (Wildman–Crippen LogP) is 1.57. The van der Waals surface area contributed by atoms with E-state index >= 15 is 0 Å². The third-order valence-electron chi connectivity index (χ3n) is 5.04. The summed E-state index contributed by atoms with van der Waals surface area (Å²) in [6, 6.07) is 9.21. The molecular weight excluding hydrogens is 366 g/mol. The van der Waals surface area contributed by atoms with Gasteiger partial charge in [0.05, 0.1) is 5.69 Å². The number of nitrogens with two attached hydrogens (primary N) is 1. The lowest BCUT2D eigenvalue weighted by Crippen LogP contribution is -2.33. The molecule has 3 rings (SSSR count). The molecule has 0 aliphatic heterocycles. The molecule has 1 heterocycles. The Morgan fingerprint density at radius 3 is 2.83 bits per heavy atom. The Morgan fingerprint density at radius 2 is 2.14 bits per heavy atom. The zero-order valence-electron chi connectivity index (χ0n) is 16.7. The molecule has 6 heteroatoms. The number of aldehydes is 1. The summed E-state index contributed by atoms with van der Waals surface area (Å²) in [7, 11) is 3.74. The van der Waals surface area contributed by atoms with Crippen molar-refractivity contribution in [3.8, 4) is 23.1 Å². The van der Waals surface area contributed by atoms with Gasteiger partial charge in [-0.25, -0.2) is 4.98 Å². The molecule has 1 amide bonds. The minimum Gasteiger partial charge on any atom is -0.371 e. The molecule has 0 bridgehead atoms. The fraction of sp³-hybridized carbons (Fsp3) is 0.348. The van der Waals surface area contributed by atoms with Gasteiger partial charge in [0.2, 0.25) is 0 Å². The van der Waals surface area contributed by atoms with Crippen molar-refractivity contribution in [3.63, 3.8) is 0 Å². The molecule has 1 atom stereocenters. The summed E-state index contributed by atoms with van der Waals surface area (Å²) in [5, 5.41) is 10.4. The van der Waals surface area contributed by atoms with Gasteiger partial charge in [0, 0.05) is 24.1 Å². The Balaban J connectivity index is 1.96. The molecule has 1 aromatic heterocycles. The van der Waals surface area contributed by atoms with Gasteiger partial charge in [-0.1, -0.05) is 24.0 Å². The Bertz CT molecular complexity index is 1000. The number of fused-ring (bicyclic) bond motifs is 1. The van der Waals surface area contributed by atoms with Crippen LogP contribution in [0.2, 0.25) is 0 Å². The molecule has 1 aliphatic carbocycles. The van der Waals surface area contributed by atoms with Gasteiger partial charge >= 0.3 is 0 Å². The van der Waals surface area contributed by atoms with Gasteiger partial charge in [-0.15, -0.1) is 0 Å². The molecule has 6 nitrogen and oxygen atoms in total. The van der Waals surface area contributed by atoms with Crippen LogP contribution in [0.1, 0.15) is 40.0 Å². The molecular formula is C23H25N3O3. The van der Waals surface area contributed by atoms with Gasteiger partial charge < -0.3 is 15.7 Å². The van der Waals surface area contributed by atoms with Gasteiger partial charge in [0.1, 0.15) is 5.69 Å². The van der Waals surface area contributed by atoms with E-state index in [0.717, 1.165) is 41.6 Å². The minimum atomic E-state index is -1.69. The van der Waals surface area contributed by atoms with Crippen LogP contribution in [0.4, 0.5) is 0 Å². The maximum Gasteiger partial charge on any atom is 0.267 e. The Morgan fingerprint density at radius 1 is 1.34 bits per heavy atom. The summed E-state index contributed by atoms with van der Waals surface area (Å²) in [6.45, 7) is 0.542. The van der Waals surface area contributed by atoms with Crippen LogP contribution < -0.4 is 5.73 Å². The van der Waals surface area contributed by atoms with E-state index in [1.165, 1.54) is 0 Å². The molecule has 2 aromatic rings. The van der Waals surface area contributed by atoms with E-state index in [4.69, 9.17) is 5.73 Å². The molecule has 1 aromatic carbocycles. The number of carbonyl (C=O) groups is 2. The molecule has 0 spiro atoms. The van der Waals surface area contributed by atoms with Crippen LogP contribution in [0.25, 0.3) is 11.3 Å². The number of aromatic nitrogens is 1. The summed E-state index contributed by atoms with van der Waals surface area (Å²) < 4.78 is 0. The first kappa shape index (κ1) is 20.7. The number of hydrogen-bond donors (Lipinski definition) is 2. The average Bonchev–Trinajstić information content (AvgIpc) is 3.19. The minimum absolute atomic E-state index is 0.228. The van der Waals surface area contributed by atoms with Crippen LogP contribution in [0, 0.1) is 11.8 Å². The molecule has 0 unspecified atom stereocenters. The van der Waals surface area contributed by atoms with Crippen molar-refractivity contribution in [1.29, 1.82) is 0 Å². The topological polar surface area (TPSA) is 96.5 Å². The molecule has 0 saturated carbocycles. The summed E-state index contributed by atoms with van der Waals surface area (Å²) in [4.78, 5) is 29.4. The second-order valence-corrected chi connectivity index (χ2v) is 7.64. The first-order valence-electron chi connectivity index (χ1n) is 9.61. The van der Waals surface area contributed by atoms with Gasteiger partial charge in [-0.2, -0.15) is 0 Å². The highest BCUT2D eigenvalue weighted by Gasteiger charge is 2.23. The van der Waals surface area contributed by atoms with Gasteiger partial charge in [-0.3, -0.25) is 9.59 Å². The Labute approximate surface area is 170 Å². The lowest BCUT2D eigenvalue weighted by Gasteiger charge is -2.17. The summed E-state index contributed by atoms with van der Waals surface area (Å²) >= 11 is 0. The zero-order chi connectivity index (χ0) is 21.0. The lowest BCUT2D eigenvalue weighted by atomic mass is 9.99. The van der Waals surface area contributed by atoms with Crippen LogP contribution in [0.5, 0.6) is 0 Å². The van der Waals surface area contributed by atoms with E-state index in [0.29, 0.717) is 18.4 Å². The van der Waals surface area contributed by atoms with Gasteiger partial charge in [0.25, 0.3) is 5.91 Å². The third kappa shape index (κ3) is 4.89. The van der Waals surface area contributed by atoms with E-state index in [1.807, 2.05) is 43.3 Å². The molecule has 29 heavy (non-hydrogen) atoms. The predicted molar refractivity (Wildman–Crippen MR) is 111 cm³/mol. The van der Waals surface area contributed by atoms with Crippen LogP contribution in [0.3, 0.4) is 0 Å². The summed E-state index contributed by atoms with van der Waals surface area (Å²) in [6.07, 6.45) is 3.54. The standard InChI is InChI=1S/C23H25N3O3/c1-26(2)12-11-23(29,15-27)10-9-16-5-3-7-18(13-16)21-19-8-4-6-17(19)14-20(25-21)22(24)28/h3,5,7,13-15,29H,4,6,8,11-12H2,1-2H3,(H2,24,28)/t23-/m0/s1. The fourth-order valence-corrected chi connectivity index (χ4v) is 3.42. The van der Waals surface area contributed by atoms with E-state index < -0.39 is 11.5 Å². The number of amides is 1. The van der Waals surface area contributed by atoms with Crippen molar-refractivity contribution in [1.82, 2.24) is 9.88 Å². The quantitative estimate of drug-likeness (QED) is 0.576. The molecule has 0 fully saturated rings. The van der Waals surface area contributed by atoms with Crippen molar-refractivity contribution < 1.29 is 14.7 Å². The molecule has 150 valence electrons.